The number of rotatable bonds is 3. The van der Waals surface area contributed by atoms with E-state index in [-0.39, 0.29) is 0 Å². The lowest BCUT2D eigenvalue weighted by atomic mass is 10.2. The number of hydrogen-bond acceptors (Lipinski definition) is 5. The molecule has 0 amide bonds. The fourth-order valence-corrected chi connectivity index (χ4v) is 2.21. The lowest BCUT2D eigenvalue weighted by molar-refractivity contribution is -0.625. The quantitative estimate of drug-likeness (QED) is 0.536. The predicted molar refractivity (Wildman–Crippen MR) is 68.1 cm³/mol. The summed E-state index contributed by atoms with van der Waals surface area (Å²) in [6.45, 7) is 8.81. The SMILES string of the molecule is Cc1nnc(C)[n+]([O-])c1CCN1CCN(C)CC1. The summed E-state index contributed by atoms with van der Waals surface area (Å²) in [6.07, 6.45) is 0.745. The Labute approximate surface area is 108 Å². The van der Waals surface area contributed by atoms with Crippen LogP contribution in [-0.2, 0) is 6.42 Å². The number of aryl methyl sites for hydroxylation is 2. The number of nitrogens with zero attached hydrogens (tertiary/aromatic N) is 5. The van der Waals surface area contributed by atoms with Gasteiger partial charge in [-0.2, -0.15) is 0 Å². The van der Waals surface area contributed by atoms with Gasteiger partial charge in [-0.05, 0) is 19.1 Å². The Morgan fingerprint density at radius 3 is 2.50 bits per heavy atom. The molecule has 0 aromatic carbocycles. The summed E-state index contributed by atoms with van der Waals surface area (Å²) in [4.78, 5) is 4.73. The molecule has 0 N–H and O–H groups in total. The summed E-state index contributed by atoms with van der Waals surface area (Å²) in [5.74, 6) is 0.425. The van der Waals surface area contributed by atoms with E-state index in [9.17, 15) is 5.21 Å². The molecule has 2 heterocycles. The summed E-state index contributed by atoms with van der Waals surface area (Å²) in [5.41, 5.74) is 1.49. The minimum Gasteiger partial charge on any atom is -0.710 e. The van der Waals surface area contributed by atoms with Crippen molar-refractivity contribution in [3.8, 4) is 0 Å². The van der Waals surface area contributed by atoms with E-state index in [4.69, 9.17) is 0 Å². The van der Waals surface area contributed by atoms with Crippen molar-refractivity contribution < 1.29 is 4.73 Å². The zero-order chi connectivity index (χ0) is 13.1. The van der Waals surface area contributed by atoms with Crippen molar-refractivity contribution in [2.45, 2.75) is 20.3 Å². The van der Waals surface area contributed by atoms with Crippen LogP contribution in [0.3, 0.4) is 0 Å². The molecule has 0 unspecified atom stereocenters. The van der Waals surface area contributed by atoms with Gasteiger partial charge < -0.3 is 15.0 Å². The van der Waals surface area contributed by atoms with E-state index in [0.717, 1.165) is 55.3 Å². The molecule has 0 saturated carbocycles. The van der Waals surface area contributed by atoms with Gasteiger partial charge in [-0.3, -0.25) is 0 Å². The summed E-state index contributed by atoms with van der Waals surface area (Å²) >= 11 is 0. The Bertz CT molecular complexity index is 415. The van der Waals surface area contributed by atoms with E-state index >= 15 is 0 Å². The van der Waals surface area contributed by atoms with Crippen LogP contribution in [0.25, 0.3) is 0 Å². The van der Waals surface area contributed by atoms with Gasteiger partial charge >= 0.3 is 5.82 Å². The first-order valence-corrected chi connectivity index (χ1v) is 6.41. The molecule has 1 saturated heterocycles. The molecule has 100 valence electrons. The largest absolute Gasteiger partial charge is 0.710 e. The molecule has 1 fully saturated rings. The average molecular weight is 251 g/mol. The van der Waals surface area contributed by atoms with E-state index in [0.29, 0.717) is 5.82 Å². The van der Waals surface area contributed by atoms with Crippen LogP contribution in [0.2, 0.25) is 0 Å². The molecule has 2 rings (SSSR count). The molecule has 0 bridgehead atoms. The standard InChI is InChI=1S/C12H21N5O/c1-10-12(17(18)11(2)14-13-10)4-5-16-8-6-15(3)7-9-16/h4-9H2,1-3H3. The van der Waals surface area contributed by atoms with Crippen LogP contribution in [0.15, 0.2) is 0 Å². The number of likely N-dealkylation sites (N-methyl/N-ethyl adjacent to an activating group) is 1. The topological polar surface area (TPSA) is 59.2 Å². The van der Waals surface area contributed by atoms with Gasteiger partial charge in [0.1, 0.15) is 11.4 Å². The van der Waals surface area contributed by atoms with Gasteiger partial charge in [-0.1, -0.05) is 0 Å². The van der Waals surface area contributed by atoms with Crippen molar-refractivity contribution >= 4 is 0 Å². The van der Waals surface area contributed by atoms with Crippen molar-refractivity contribution in [3.05, 3.63) is 22.4 Å². The minimum atomic E-state index is 0.425. The summed E-state index contributed by atoms with van der Waals surface area (Å²) in [5, 5.41) is 19.7. The first kappa shape index (κ1) is 13.2. The van der Waals surface area contributed by atoms with Crippen LogP contribution in [-0.4, -0.2) is 59.8 Å². The van der Waals surface area contributed by atoms with E-state index < -0.39 is 0 Å². The smallest absolute Gasteiger partial charge is 0.326 e. The van der Waals surface area contributed by atoms with Crippen molar-refractivity contribution in [3.63, 3.8) is 0 Å². The second-order valence-electron chi connectivity index (χ2n) is 4.97. The van der Waals surface area contributed by atoms with Crippen LogP contribution < -0.4 is 4.73 Å². The van der Waals surface area contributed by atoms with Gasteiger partial charge in [0.05, 0.1) is 5.10 Å². The lowest BCUT2D eigenvalue weighted by Gasteiger charge is -2.32. The van der Waals surface area contributed by atoms with E-state index in [1.165, 1.54) is 0 Å². The molecule has 1 aromatic rings. The Morgan fingerprint density at radius 1 is 1.17 bits per heavy atom. The first-order chi connectivity index (χ1) is 8.58. The molecule has 6 nitrogen and oxygen atoms in total. The van der Waals surface area contributed by atoms with Crippen LogP contribution in [0.4, 0.5) is 0 Å². The third-order valence-electron chi connectivity index (χ3n) is 3.56. The average Bonchev–Trinajstić information content (AvgIpc) is 2.36. The van der Waals surface area contributed by atoms with Gasteiger partial charge in [0, 0.05) is 46.1 Å². The third kappa shape index (κ3) is 2.94. The number of piperazine rings is 1. The zero-order valence-corrected chi connectivity index (χ0v) is 11.4. The fraction of sp³-hybridized carbons (Fsp3) is 0.750. The molecule has 0 atom stereocenters. The third-order valence-corrected chi connectivity index (χ3v) is 3.56. The van der Waals surface area contributed by atoms with Gasteiger partial charge in [-0.15, -0.1) is 0 Å². The lowest BCUT2D eigenvalue weighted by Crippen LogP contribution is -2.46. The molecular formula is C12H21N5O. The Balaban J connectivity index is 1.96. The Hall–Kier alpha value is -1.27. The van der Waals surface area contributed by atoms with E-state index in [1.54, 1.807) is 6.92 Å². The fourth-order valence-electron chi connectivity index (χ4n) is 2.21. The van der Waals surface area contributed by atoms with Crippen molar-refractivity contribution in [1.29, 1.82) is 0 Å². The highest BCUT2D eigenvalue weighted by Crippen LogP contribution is 2.04. The second-order valence-corrected chi connectivity index (χ2v) is 4.97. The molecular weight excluding hydrogens is 230 g/mol. The molecule has 0 aliphatic carbocycles. The van der Waals surface area contributed by atoms with Gasteiger partial charge in [0.25, 0.3) is 0 Å². The summed E-state index contributed by atoms with van der Waals surface area (Å²) in [6, 6.07) is 0. The van der Waals surface area contributed by atoms with Gasteiger partial charge in [0.15, 0.2) is 0 Å². The number of hydrogen-bond donors (Lipinski definition) is 0. The van der Waals surface area contributed by atoms with Gasteiger partial charge in [-0.25, -0.2) is 4.73 Å². The summed E-state index contributed by atoms with van der Waals surface area (Å²) in [7, 11) is 2.14. The van der Waals surface area contributed by atoms with Crippen molar-refractivity contribution in [2.24, 2.45) is 0 Å². The second kappa shape index (κ2) is 5.58. The Kier molecular flexibility index (Phi) is 4.08. The van der Waals surface area contributed by atoms with E-state index in [1.807, 2.05) is 6.92 Å². The monoisotopic (exact) mass is 251 g/mol. The van der Waals surface area contributed by atoms with Crippen LogP contribution in [0.5, 0.6) is 0 Å². The van der Waals surface area contributed by atoms with E-state index in [2.05, 4.69) is 27.0 Å². The highest BCUT2D eigenvalue weighted by Gasteiger charge is 2.17. The Morgan fingerprint density at radius 2 is 1.83 bits per heavy atom. The van der Waals surface area contributed by atoms with Crippen molar-refractivity contribution in [1.82, 2.24) is 20.0 Å². The van der Waals surface area contributed by atoms with Crippen LogP contribution in [0, 0.1) is 19.1 Å². The van der Waals surface area contributed by atoms with Crippen LogP contribution >= 0.6 is 0 Å². The highest BCUT2D eigenvalue weighted by atomic mass is 16.5. The normalized spacial score (nSPS) is 18.2. The first-order valence-electron chi connectivity index (χ1n) is 6.41. The van der Waals surface area contributed by atoms with Crippen molar-refractivity contribution in [2.75, 3.05) is 39.8 Å². The maximum absolute atomic E-state index is 11.9. The van der Waals surface area contributed by atoms with Crippen LogP contribution in [0.1, 0.15) is 17.2 Å². The molecule has 0 spiro atoms. The maximum Gasteiger partial charge on any atom is 0.326 e. The zero-order valence-electron chi connectivity index (χ0n) is 11.4. The molecule has 6 heteroatoms. The highest BCUT2D eigenvalue weighted by molar-refractivity contribution is 5.02. The predicted octanol–water partition coefficient (Wildman–Crippen LogP) is -0.483. The minimum absolute atomic E-state index is 0.425. The maximum atomic E-state index is 11.9. The molecule has 1 aromatic heterocycles. The number of aromatic nitrogens is 3. The summed E-state index contributed by atoms with van der Waals surface area (Å²) < 4.78 is 0.915. The molecule has 1 aliphatic heterocycles. The molecule has 1 aliphatic rings. The molecule has 18 heavy (non-hydrogen) atoms. The molecule has 0 radical (unpaired) electrons. The van der Waals surface area contributed by atoms with Gasteiger partial charge in [0.2, 0.25) is 0 Å².